The average Bonchev–Trinajstić information content (AvgIpc) is 3.68. The molecule has 6 rings (SSSR count). The van der Waals surface area contributed by atoms with Crippen LogP contribution in [0.25, 0.3) is 16.9 Å². The summed E-state index contributed by atoms with van der Waals surface area (Å²) in [6.45, 7) is 4.12. The maximum absolute atomic E-state index is 13.7. The first-order chi connectivity index (χ1) is 18.5. The third kappa shape index (κ3) is 4.61. The quantitative estimate of drug-likeness (QED) is 0.222. The molecule has 0 unspecified atom stereocenters. The molecule has 0 fully saturated rings. The number of nitrogens with zero attached hydrogens (tertiary/aromatic N) is 4. The van der Waals surface area contributed by atoms with Crippen molar-refractivity contribution in [1.82, 2.24) is 14.8 Å². The first-order valence-electron chi connectivity index (χ1n) is 12.4. The van der Waals surface area contributed by atoms with Crippen LogP contribution in [0.4, 0.5) is 0 Å². The number of para-hydroxylation sites is 1. The highest BCUT2D eigenvalue weighted by Gasteiger charge is 2.37. The summed E-state index contributed by atoms with van der Waals surface area (Å²) >= 11 is 3.32. The van der Waals surface area contributed by atoms with Crippen LogP contribution in [-0.4, -0.2) is 26.4 Å². The molecule has 188 valence electrons. The van der Waals surface area contributed by atoms with E-state index in [1.165, 1.54) is 11.1 Å². The fourth-order valence-electron chi connectivity index (χ4n) is 4.68. The van der Waals surface area contributed by atoms with Crippen LogP contribution in [0.2, 0.25) is 0 Å². The van der Waals surface area contributed by atoms with Crippen molar-refractivity contribution >= 4 is 27.5 Å². The van der Waals surface area contributed by atoms with E-state index in [2.05, 4.69) is 78.3 Å². The van der Waals surface area contributed by atoms with Gasteiger partial charge in [-0.2, -0.15) is 10.2 Å². The Hall–Kier alpha value is -4.23. The molecule has 0 bridgehead atoms. The number of hydrogen-bond donors (Lipinski definition) is 0. The molecule has 6 nitrogen and oxygen atoms in total. The highest BCUT2D eigenvalue weighted by atomic mass is 79.9. The minimum absolute atomic E-state index is 0.225. The van der Waals surface area contributed by atoms with Gasteiger partial charge in [-0.25, -0.2) is 9.69 Å². The van der Waals surface area contributed by atoms with Crippen LogP contribution < -0.4 is 0 Å². The smallest absolute Gasteiger partial charge is 0.310 e. The summed E-state index contributed by atoms with van der Waals surface area (Å²) in [7, 11) is 0. The highest BCUT2D eigenvalue weighted by Crippen LogP contribution is 2.39. The van der Waals surface area contributed by atoms with Crippen molar-refractivity contribution < 1.29 is 9.21 Å². The molecule has 0 saturated heterocycles. The predicted molar refractivity (Wildman–Crippen MR) is 151 cm³/mol. The lowest BCUT2D eigenvalue weighted by Crippen LogP contribution is -2.27. The minimum atomic E-state index is -0.364. The van der Waals surface area contributed by atoms with Crippen LogP contribution in [0.15, 0.2) is 111 Å². The van der Waals surface area contributed by atoms with Crippen LogP contribution in [0, 0.1) is 13.8 Å². The molecule has 0 radical (unpaired) electrons. The Labute approximate surface area is 229 Å². The molecule has 2 aromatic heterocycles. The molecule has 1 aliphatic heterocycles. The average molecular weight is 565 g/mol. The summed E-state index contributed by atoms with van der Waals surface area (Å²) in [6.07, 6.45) is 2.57. The fraction of sp³-hybridized carbons (Fsp3) is 0.129. The summed E-state index contributed by atoms with van der Waals surface area (Å²) in [6, 6.07) is 29.5. The van der Waals surface area contributed by atoms with Gasteiger partial charge in [0.15, 0.2) is 10.4 Å². The van der Waals surface area contributed by atoms with Gasteiger partial charge in [-0.05, 0) is 59.6 Å². The number of halogens is 1. The number of aryl methyl sites for hydroxylation is 2. The van der Waals surface area contributed by atoms with Gasteiger partial charge in [0, 0.05) is 23.7 Å². The number of hydrogen-bond acceptors (Lipinski definition) is 4. The van der Waals surface area contributed by atoms with E-state index >= 15 is 0 Å². The maximum atomic E-state index is 13.7. The minimum Gasteiger partial charge on any atom is -0.444 e. The lowest BCUT2D eigenvalue weighted by atomic mass is 9.96. The molecule has 1 amide bonds. The van der Waals surface area contributed by atoms with Crippen molar-refractivity contribution in [3.8, 4) is 16.9 Å². The third-order valence-electron chi connectivity index (χ3n) is 6.73. The zero-order chi connectivity index (χ0) is 26.2. The lowest BCUT2D eigenvalue weighted by Gasteiger charge is -2.21. The molecule has 3 heterocycles. The van der Waals surface area contributed by atoms with Crippen molar-refractivity contribution in [1.29, 1.82) is 0 Å². The molecule has 0 N–H and O–H groups in total. The zero-order valence-electron chi connectivity index (χ0n) is 21.0. The van der Waals surface area contributed by atoms with Gasteiger partial charge in [0.25, 0.3) is 0 Å². The standard InChI is InChI=1S/C31H25BrN4O2/c1-20-8-12-22(13-9-20)26-18-27(36(33-26)31(37)28-16-17-29(32)38-28)25-19-35(24-6-4-3-5-7-24)34-30(25)23-14-10-21(2)11-15-23/h3-17,19,27H,18H2,1-2H3/t27-/m0/s1. The maximum Gasteiger partial charge on any atom is 0.310 e. The van der Waals surface area contributed by atoms with Crippen molar-refractivity contribution in [3.63, 3.8) is 0 Å². The van der Waals surface area contributed by atoms with E-state index in [4.69, 9.17) is 14.6 Å². The topological polar surface area (TPSA) is 63.6 Å². The highest BCUT2D eigenvalue weighted by molar-refractivity contribution is 9.10. The van der Waals surface area contributed by atoms with Crippen LogP contribution in [0.5, 0.6) is 0 Å². The SMILES string of the molecule is Cc1ccc(C2=NN(C(=O)c3ccc(Br)o3)[C@H](c3cn(-c4ccccc4)nc3-c3ccc(C)cc3)C2)cc1. The Morgan fingerprint density at radius 3 is 2.16 bits per heavy atom. The number of rotatable bonds is 5. The lowest BCUT2D eigenvalue weighted by molar-refractivity contribution is 0.0677. The first-order valence-corrected chi connectivity index (χ1v) is 13.2. The molecule has 5 aromatic rings. The molecule has 38 heavy (non-hydrogen) atoms. The van der Waals surface area contributed by atoms with Crippen LogP contribution in [0.1, 0.15) is 45.3 Å². The Morgan fingerprint density at radius 1 is 0.868 bits per heavy atom. The third-order valence-corrected chi connectivity index (χ3v) is 7.16. The molecule has 7 heteroatoms. The first kappa shape index (κ1) is 24.1. The van der Waals surface area contributed by atoms with Gasteiger partial charge in [0.2, 0.25) is 0 Å². The molecule has 0 spiro atoms. The van der Waals surface area contributed by atoms with Gasteiger partial charge in [0.1, 0.15) is 0 Å². The summed E-state index contributed by atoms with van der Waals surface area (Å²) in [5, 5.41) is 11.4. The van der Waals surface area contributed by atoms with E-state index in [-0.39, 0.29) is 17.7 Å². The van der Waals surface area contributed by atoms with Crippen molar-refractivity contribution in [2.45, 2.75) is 26.3 Å². The fourth-order valence-corrected chi connectivity index (χ4v) is 4.99. The van der Waals surface area contributed by atoms with Crippen LogP contribution in [-0.2, 0) is 0 Å². The Kier molecular flexibility index (Phi) is 6.29. The summed E-state index contributed by atoms with van der Waals surface area (Å²) in [5.74, 6) is -0.0757. The van der Waals surface area contributed by atoms with E-state index in [1.54, 1.807) is 17.1 Å². The Bertz CT molecular complexity index is 1630. The van der Waals surface area contributed by atoms with Gasteiger partial charge < -0.3 is 4.42 Å². The molecule has 0 saturated carbocycles. The number of furan rings is 1. The number of carbonyl (C=O) groups excluding carboxylic acids is 1. The van der Waals surface area contributed by atoms with E-state index in [1.807, 2.05) is 41.2 Å². The Balaban J connectivity index is 1.49. The number of benzene rings is 3. The van der Waals surface area contributed by atoms with E-state index in [0.717, 1.165) is 33.8 Å². The second kappa shape index (κ2) is 9.91. The summed E-state index contributed by atoms with van der Waals surface area (Å²) < 4.78 is 8.01. The molecule has 1 atom stereocenters. The van der Waals surface area contributed by atoms with Gasteiger partial charge in [-0.3, -0.25) is 4.79 Å². The number of amides is 1. The monoisotopic (exact) mass is 564 g/mol. The van der Waals surface area contributed by atoms with Gasteiger partial charge in [-0.15, -0.1) is 0 Å². The van der Waals surface area contributed by atoms with E-state index in [0.29, 0.717) is 11.1 Å². The summed E-state index contributed by atoms with van der Waals surface area (Å²) in [5.41, 5.74) is 7.84. The molecule has 1 aliphatic rings. The summed E-state index contributed by atoms with van der Waals surface area (Å²) in [4.78, 5) is 13.7. The normalized spacial score (nSPS) is 15.1. The molecular formula is C31H25BrN4O2. The van der Waals surface area contributed by atoms with E-state index in [9.17, 15) is 4.79 Å². The van der Waals surface area contributed by atoms with Gasteiger partial charge >= 0.3 is 5.91 Å². The number of hydrazone groups is 1. The molecule has 0 aliphatic carbocycles. The van der Waals surface area contributed by atoms with Crippen molar-refractivity contribution in [2.75, 3.05) is 0 Å². The van der Waals surface area contributed by atoms with Gasteiger partial charge in [-0.1, -0.05) is 77.9 Å². The van der Waals surface area contributed by atoms with Crippen LogP contribution in [0.3, 0.4) is 0 Å². The van der Waals surface area contributed by atoms with Gasteiger partial charge in [0.05, 0.1) is 23.1 Å². The largest absolute Gasteiger partial charge is 0.444 e. The van der Waals surface area contributed by atoms with Crippen molar-refractivity contribution in [2.24, 2.45) is 5.10 Å². The number of carbonyl (C=O) groups is 1. The predicted octanol–water partition coefficient (Wildman–Crippen LogP) is 7.50. The second-order valence-corrected chi connectivity index (χ2v) is 10.2. The number of aromatic nitrogens is 2. The molecular weight excluding hydrogens is 540 g/mol. The second-order valence-electron chi connectivity index (χ2n) is 9.47. The van der Waals surface area contributed by atoms with E-state index < -0.39 is 0 Å². The van der Waals surface area contributed by atoms with Crippen LogP contribution >= 0.6 is 15.9 Å². The van der Waals surface area contributed by atoms with Crippen molar-refractivity contribution in [3.05, 3.63) is 130 Å². The zero-order valence-corrected chi connectivity index (χ0v) is 22.6. The molecule has 3 aromatic carbocycles. The Morgan fingerprint density at radius 2 is 1.53 bits per heavy atom.